The van der Waals surface area contributed by atoms with Gasteiger partial charge in [0, 0.05) is 51.0 Å². The van der Waals surface area contributed by atoms with Gasteiger partial charge in [0.15, 0.2) is 0 Å². The van der Waals surface area contributed by atoms with Gasteiger partial charge in [-0.1, -0.05) is 19.4 Å². The summed E-state index contributed by atoms with van der Waals surface area (Å²) in [5.74, 6) is 0.618. The Hall–Kier alpha value is -3.86. The highest BCUT2D eigenvalue weighted by molar-refractivity contribution is 6.12. The standard InChI is InChI=1S/C25H34N8O3/c1-17(29-22-8-7-20(15-28-22)32-11-9-31(10-12-32)16-23(34)35)30-24-18(14-26)13-21(25(36)27-2)33(24)19-5-3-4-6-19/h7-8,13-15,19H,1,3-6,9-12,16,26H2,2H3,(H,27,36)(H,28,29)(H,34,35)/b18-14-,30-24+. The number of carbonyl (C=O) groups is 2. The van der Waals surface area contributed by atoms with E-state index in [0.29, 0.717) is 41.8 Å². The zero-order chi connectivity index (χ0) is 25.7. The maximum absolute atomic E-state index is 12.6. The lowest BCUT2D eigenvalue weighted by molar-refractivity contribution is -0.138. The molecule has 0 radical (unpaired) electrons. The number of anilines is 2. The van der Waals surface area contributed by atoms with Gasteiger partial charge in [0.1, 0.15) is 23.2 Å². The number of hydrogen-bond donors (Lipinski definition) is 4. The maximum Gasteiger partial charge on any atom is 0.317 e. The minimum atomic E-state index is -0.803. The summed E-state index contributed by atoms with van der Waals surface area (Å²) in [6, 6.07) is 4.02. The minimum absolute atomic E-state index is 0.0684. The Morgan fingerprint density at radius 2 is 1.97 bits per heavy atom. The average Bonchev–Trinajstić information content (AvgIpc) is 3.52. The summed E-state index contributed by atoms with van der Waals surface area (Å²) < 4.78 is 0. The highest BCUT2D eigenvalue weighted by Crippen LogP contribution is 2.33. The van der Waals surface area contributed by atoms with Crippen LogP contribution >= 0.6 is 0 Å². The smallest absolute Gasteiger partial charge is 0.317 e. The number of hydrogen-bond acceptors (Lipinski definition) is 8. The fourth-order valence-electron chi connectivity index (χ4n) is 4.92. The molecule has 11 heteroatoms. The molecule has 1 saturated heterocycles. The van der Waals surface area contributed by atoms with Crippen LogP contribution in [0.2, 0.25) is 0 Å². The SMILES string of the molecule is C=C(/N=C1\C(=C/N)C=C(C(=O)NC)N1C1CCCC1)Nc1ccc(N2CCN(CC(=O)O)CC2)cn1. The lowest BCUT2D eigenvalue weighted by Gasteiger charge is -2.35. The molecule has 192 valence electrons. The summed E-state index contributed by atoms with van der Waals surface area (Å²) in [6.07, 6.45) is 9.21. The van der Waals surface area contributed by atoms with E-state index in [2.05, 4.69) is 27.1 Å². The van der Waals surface area contributed by atoms with Gasteiger partial charge < -0.3 is 31.3 Å². The largest absolute Gasteiger partial charge is 0.480 e. The third-order valence-corrected chi connectivity index (χ3v) is 6.72. The summed E-state index contributed by atoms with van der Waals surface area (Å²) >= 11 is 0. The van der Waals surface area contributed by atoms with E-state index in [9.17, 15) is 9.59 Å². The van der Waals surface area contributed by atoms with Crippen molar-refractivity contribution >= 4 is 29.2 Å². The lowest BCUT2D eigenvalue weighted by Crippen LogP contribution is -2.48. The molecule has 0 atom stereocenters. The van der Waals surface area contributed by atoms with Gasteiger partial charge in [0.2, 0.25) is 0 Å². The number of carboxylic acids is 1. The monoisotopic (exact) mass is 494 g/mol. The van der Waals surface area contributed by atoms with Crippen LogP contribution in [0.4, 0.5) is 11.5 Å². The second-order valence-corrected chi connectivity index (χ2v) is 9.10. The van der Waals surface area contributed by atoms with Crippen molar-refractivity contribution < 1.29 is 14.7 Å². The van der Waals surface area contributed by atoms with Crippen LogP contribution in [0.3, 0.4) is 0 Å². The number of amidine groups is 1. The normalized spacial score (nSPS) is 21.2. The number of carboxylic acid groups (broad SMARTS) is 1. The van der Waals surface area contributed by atoms with Gasteiger partial charge in [-0.2, -0.15) is 0 Å². The molecule has 2 fully saturated rings. The number of carbonyl (C=O) groups excluding carboxylic acids is 1. The Kier molecular flexibility index (Phi) is 7.89. The molecule has 5 N–H and O–H groups in total. The van der Waals surface area contributed by atoms with Crippen molar-refractivity contribution in [3.8, 4) is 0 Å². The van der Waals surface area contributed by atoms with Gasteiger partial charge >= 0.3 is 5.97 Å². The molecule has 0 bridgehead atoms. The molecule has 0 unspecified atom stereocenters. The highest BCUT2D eigenvalue weighted by Gasteiger charge is 2.36. The summed E-state index contributed by atoms with van der Waals surface area (Å²) in [6.45, 7) is 7.00. The fraction of sp³-hybridized carbons (Fsp3) is 0.440. The second kappa shape index (κ2) is 11.3. The number of aromatic nitrogens is 1. The van der Waals surface area contributed by atoms with Crippen LogP contribution in [0.15, 0.2) is 59.3 Å². The summed E-state index contributed by atoms with van der Waals surface area (Å²) in [7, 11) is 1.61. The van der Waals surface area contributed by atoms with E-state index in [1.165, 1.54) is 6.20 Å². The van der Waals surface area contributed by atoms with Crippen LogP contribution in [0.25, 0.3) is 0 Å². The van der Waals surface area contributed by atoms with Crippen molar-refractivity contribution in [3.63, 3.8) is 0 Å². The highest BCUT2D eigenvalue weighted by atomic mass is 16.4. The number of nitrogens with zero attached hydrogens (tertiary/aromatic N) is 5. The second-order valence-electron chi connectivity index (χ2n) is 9.10. The molecule has 1 aliphatic carbocycles. The zero-order valence-corrected chi connectivity index (χ0v) is 20.6. The molecule has 4 rings (SSSR count). The predicted molar refractivity (Wildman–Crippen MR) is 139 cm³/mol. The van der Waals surface area contributed by atoms with Crippen molar-refractivity contribution in [1.82, 2.24) is 20.1 Å². The van der Waals surface area contributed by atoms with Crippen molar-refractivity contribution in [2.24, 2.45) is 10.7 Å². The third-order valence-electron chi connectivity index (χ3n) is 6.72. The number of rotatable bonds is 8. The minimum Gasteiger partial charge on any atom is -0.480 e. The number of nitrogens with two attached hydrogens (primary N) is 1. The molecular formula is C25H34N8O3. The Morgan fingerprint density at radius 3 is 2.56 bits per heavy atom. The van der Waals surface area contributed by atoms with Gasteiger partial charge in [-0.3, -0.25) is 14.5 Å². The topological polar surface area (TPSA) is 139 Å². The van der Waals surface area contributed by atoms with Gasteiger partial charge in [-0.05, 0) is 31.1 Å². The molecule has 0 spiro atoms. The van der Waals surface area contributed by atoms with Crippen LogP contribution in [0.1, 0.15) is 25.7 Å². The molecule has 1 saturated carbocycles. The van der Waals surface area contributed by atoms with E-state index in [-0.39, 0.29) is 18.5 Å². The molecule has 3 heterocycles. The van der Waals surface area contributed by atoms with E-state index < -0.39 is 5.97 Å². The van der Waals surface area contributed by atoms with Gasteiger partial charge in [-0.25, -0.2) is 9.98 Å². The summed E-state index contributed by atoms with van der Waals surface area (Å²) in [5, 5.41) is 14.8. The molecule has 1 aromatic rings. The van der Waals surface area contributed by atoms with Crippen LogP contribution < -0.4 is 21.3 Å². The van der Waals surface area contributed by atoms with Crippen molar-refractivity contribution in [3.05, 3.63) is 54.3 Å². The molecule has 0 aromatic carbocycles. The van der Waals surface area contributed by atoms with Gasteiger partial charge in [0.05, 0.1) is 18.4 Å². The van der Waals surface area contributed by atoms with Crippen molar-refractivity contribution in [1.29, 1.82) is 0 Å². The number of pyridine rings is 1. The summed E-state index contributed by atoms with van der Waals surface area (Å²) in [5.41, 5.74) is 8.08. The lowest BCUT2D eigenvalue weighted by atomic mass is 10.2. The molecule has 1 aromatic heterocycles. The number of aliphatic imine (C=N–C) groups is 1. The average molecular weight is 495 g/mol. The van der Waals surface area contributed by atoms with Gasteiger partial charge in [0.25, 0.3) is 5.91 Å². The van der Waals surface area contributed by atoms with Crippen molar-refractivity contribution in [2.75, 3.05) is 50.0 Å². The van der Waals surface area contributed by atoms with Crippen LogP contribution in [0.5, 0.6) is 0 Å². The Bertz CT molecular complexity index is 1080. The number of amides is 1. The first-order valence-electron chi connectivity index (χ1n) is 12.2. The van der Waals surface area contributed by atoms with Crippen LogP contribution in [-0.4, -0.2) is 83.4 Å². The van der Waals surface area contributed by atoms with E-state index in [4.69, 9.17) is 15.8 Å². The number of piperazine rings is 1. The van der Waals surface area contributed by atoms with E-state index in [1.54, 1.807) is 19.3 Å². The van der Waals surface area contributed by atoms with Crippen LogP contribution in [-0.2, 0) is 9.59 Å². The van der Waals surface area contributed by atoms with E-state index >= 15 is 0 Å². The first kappa shape index (κ1) is 25.2. The first-order chi connectivity index (χ1) is 17.4. The van der Waals surface area contributed by atoms with Crippen molar-refractivity contribution in [2.45, 2.75) is 31.7 Å². The quantitative estimate of drug-likeness (QED) is 0.421. The summed E-state index contributed by atoms with van der Waals surface area (Å²) in [4.78, 5) is 38.8. The maximum atomic E-state index is 12.6. The number of nitrogens with one attached hydrogen (secondary N) is 2. The Labute approximate surface area is 211 Å². The first-order valence-corrected chi connectivity index (χ1v) is 12.2. The third kappa shape index (κ3) is 5.68. The molecule has 3 aliphatic rings. The molecular weight excluding hydrogens is 460 g/mol. The zero-order valence-electron chi connectivity index (χ0n) is 20.6. The fourth-order valence-corrected chi connectivity index (χ4v) is 4.92. The van der Waals surface area contributed by atoms with E-state index in [0.717, 1.165) is 44.5 Å². The number of likely N-dealkylation sites (N-methyl/N-ethyl adjacent to an activating group) is 1. The molecule has 36 heavy (non-hydrogen) atoms. The van der Waals surface area contributed by atoms with E-state index in [1.807, 2.05) is 21.9 Å². The number of aliphatic carboxylic acids is 1. The Balaban J connectivity index is 1.43. The predicted octanol–water partition coefficient (Wildman–Crippen LogP) is 1.30. The van der Waals surface area contributed by atoms with Gasteiger partial charge in [-0.15, -0.1) is 0 Å². The van der Waals surface area contributed by atoms with Crippen LogP contribution in [0, 0.1) is 0 Å². The molecule has 2 aliphatic heterocycles. The molecule has 11 nitrogen and oxygen atoms in total. The Morgan fingerprint density at radius 1 is 1.25 bits per heavy atom. The molecule has 1 amide bonds.